The Kier molecular flexibility index (Phi) is 13.8. The smallest absolute Gasteiger partial charge is 0.416 e. The standard InChI is InChI=1S/C37H45F4N5O6/c1-23-20-46(24(2)22-47)34(48)31-19-30(43-35(49)42-28-12-8-26(9-13-28)37(39,40)41)16-17-32(31)52-25(3)7-5-6-18-51-33(23)21-45(4)36(50)44-29-14-10-27(38)11-15-29/h8-17,19,23-25,33,47H,5-7,18,20-22H2,1-4H3,(H,44,50)(H2,42,43,49)/t23-,24-,25+,33+/m0/s1. The monoisotopic (exact) mass is 731 g/mol. The van der Waals surface area contributed by atoms with Gasteiger partial charge >= 0.3 is 18.2 Å². The van der Waals surface area contributed by atoms with Crippen LogP contribution in [-0.2, 0) is 10.9 Å². The molecule has 4 atom stereocenters. The number of aliphatic hydroxyl groups is 1. The van der Waals surface area contributed by atoms with Crippen molar-refractivity contribution >= 4 is 35.0 Å². The molecule has 52 heavy (non-hydrogen) atoms. The number of carbonyl (C=O) groups is 3. The Morgan fingerprint density at radius 3 is 2.23 bits per heavy atom. The van der Waals surface area contributed by atoms with E-state index in [-0.39, 0.29) is 54.4 Å². The summed E-state index contributed by atoms with van der Waals surface area (Å²) in [5.74, 6) is -0.972. The van der Waals surface area contributed by atoms with Crippen LogP contribution in [-0.4, -0.2) is 84.5 Å². The highest BCUT2D eigenvalue weighted by Gasteiger charge is 2.32. The molecule has 5 amide bonds. The van der Waals surface area contributed by atoms with Crippen molar-refractivity contribution in [1.29, 1.82) is 0 Å². The van der Waals surface area contributed by atoms with Gasteiger partial charge < -0.3 is 40.3 Å². The first-order valence-electron chi connectivity index (χ1n) is 17.0. The molecular formula is C37H45F4N5O6. The van der Waals surface area contributed by atoms with Gasteiger partial charge in [-0.15, -0.1) is 0 Å². The largest absolute Gasteiger partial charge is 0.490 e. The summed E-state index contributed by atoms with van der Waals surface area (Å²) in [5.41, 5.74) is 0.0354. The molecule has 1 heterocycles. The first-order chi connectivity index (χ1) is 24.6. The van der Waals surface area contributed by atoms with E-state index in [1.807, 2.05) is 13.8 Å². The van der Waals surface area contributed by atoms with Crippen LogP contribution in [0.3, 0.4) is 0 Å². The summed E-state index contributed by atoms with van der Waals surface area (Å²) in [6.45, 7) is 5.78. The second-order valence-electron chi connectivity index (χ2n) is 13.0. The summed E-state index contributed by atoms with van der Waals surface area (Å²) in [4.78, 5) is 43.1. The second-order valence-corrected chi connectivity index (χ2v) is 13.0. The van der Waals surface area contributed by atoms with Crippen molar-refractivity contribution in [2.75, 3.05) is 49.3 Å². The highest BCUT2D eigenvalue weighted by Crippen LogP contribution is 2.31. The minimum Gasteiger partial charge on any atom is -0.490 e. The average Bonchev–Trinajstić information content (AvgIpc) is 3.10. The van der Waals surface area contributed by atoms with E-state index in [1.165, 1.54) is 40.1 Å². The molecule has 4 rings (SSSR count). The minimum absolute atomic E-state index is 0.122. The van der Waals surface area contributed by atoms with Crippen molar-refractivity contribution in [3.05, 3.63) is 83.7 Å². The second kappa shape index (κ2) is 18.0. The number of nitrogens with one attached hydrogen (secondary N) is 3. The van der Waals surface area contributed by atoms with Crippen molar-refractivity contribution in [3.8, 4) is 5.75 Å². The third-order valence-electron chi connectivity index (χ3n) is 8.68. The van der Waals surface area contributed by atoms with Gasteiger partial charge in [0, 0.05) is 49.7 Å². The molecule has 0 fully saturated rings. The van der Waals surface area contributed by atoms with Gasteiger partial charge in [-0.2, -0.15) is 13.2 Å². The van der Waals surface area contributed by atoms with Crippen LogP contribution in [0.1, 0.15) is 56.0 Å². The summed E-state index contributed by atoms with van der Waals surface area (Å²) in [7, 11) is 1.61. The lowest BCUT2D eigenvalue weighted by molar-refractivity contribution is -0.137. The summed E-state index contributed by atoms with van der Waals surface area (Å²) in [5, 5.41) is 18.0. The van der Waals surface area contributed by atoms with Gasteiger partial charge in [-0.25, -0.2) is 14.0 Å². The lowest BCUT2D eigenvalue weighted by Gasteiger charge is -2.35. The van der Waals surface area contributed by atoms with Crippen LogP contribution in [0.15, 0.2) is 66.7 Å². The number of halogens is 4. The van der Waals surface area contributed by atoms with Crippen molar-refractivity contribution < 1.29 is 46.5 Å². The molecule has 3 aromatic rings. The maximum Gasteiger partial charge on any atom is 0.416 e. The Hall–Kier alpha value is -4.89. The number of benzene rings is 3. The molecule has 0 saturated heterocycles. The van der Waals surface area contributed by atoms with E-state index in [2.05, 4.69) is 16.0 Å². The van der Waals surface area contributed by atoms with Gasteiger partial charge in [-0.1, -0.05) is 6.92 Å². The molecule has 0 unspecified atom stereocenters. The molecule has 282 valence electrons. The number of fused-ring (bicyclic) bond motifs is 1. The van der Waals surface area contributed by atoms with Gasteiger partial charge in [-0.3, -0.25) is 4.79 Å². The summed E-state index contributed by atoms with van der Waals surface area (Å²) < 4.78 is 64.7. The van der Waals surface area contributed by atoms with E-state index >= 15 is 0 Å². The number of hydrogen-bond donors (Lipinski definition) is 4. The fourth-order valence-electron chi connectivity index (χ4n) is 5.60. The molecule has 15 heteroatoms. The summed E-state index contributed by atoms with van der Waals surface area (Å²) in [6, 6.07) is 12.1. The van der Waals surface area contributed by atoms with Crippen LogP contribution in [0.5, 0.6) is 5.75 Å². The zero-order valence-electron chi connectivity index (χ0n) is 29.5. The van der Waals surface area contributed by atoms with E-state index in [0.29, 0.717) is 25.1 Å². The van der Waals surface area contributed by atoms with E-state index in [0.717, 1.165) is 30.7 Å². The Balaban J connectivity index is 1.56. The van der Waals surface area contributed by atoms with Crippen molar-refractivity contribution in [3.63, 3.8) is 0 Å². The summed E-state index contributed by atoms with van der Waals surface area (Å²) in [6.07, 6.45) is -3.22. The molecule has 11 nitrogen and oxygen atoms in total. The Bertz CT molecular complexity index is 1660. The van der Waals surface area contributed by atoms with Gasteiger partial charge in [0.25, 0.3) is 5.91 Å². The van der Waals surface area contributed by atoms with E-state index < -0.39 is 47.7 Å². The molecule has 0 radical (unpaired) electrons. The number of likely N-dealkylation sites (N-methyl/N-ethyl adjacent to an activating group) is 1. The molecule has 0 saturated carbocycles. The number of rotatable bonds is 7. The fourth-order valence-corrected chi connectivity index (χ4v) is 5.60. The molecule has 0 spiro atoms. The van der Waals surface area contributed by atoms with Crippen LogP contribution in [0.4, 0.5) is 44.2 Å². The van der Waals surface area contributed by atoms with Crippen LogP contribution >= 0.6 is 0 Å². The third-order valence-corrected chi connectivity index (χ3v) is 8.68. The van der Waals surface area contributed by atoms with E-state index in [4.69, 9.17) is 9.47 Å². The predicted octanol–water partition coefficient (Wildman–Crippen LogP) is 7.45. The SMILES string of the molecule is C[C@@H]1CCCCO[C@H](CN(C)C(=O)Nc2ccc(F)cc2)[C@@H](C)CN([C@@H](C)CO)C(=O)c2cc(NC(=O)Nc3ccc(C(F)(F)F)cc3)ccc2O1. The fraction of sp³-hybridized carbons (Fsp3) is 0.432. The highest BCUT2D eigenvalue weighted by molar-refractivity contribution is 6.02. The van der Waals surface area contributed by atoms with Crippen LogP contribution in [0.25, 0.3) is 0 Å². The topological polar surface area (TPSA) is 132 Å². The first-order valence-corrected chi connectivity index (χ1v) is 17.0. The van der Waals surface area contributed by atoms with Crippen LogP contribution in [0.2, 0.25) is 0 Å². The summed E-state index contributed by atoms with van der Waals surface area (Å²) >= 11 is 0. The Labute approximate surface area is 300 Å². The molecule has 0 aliphatic carbocycles. The highest BCUT2D eigenvalue weighted by atomic mass is 19.4. The lowest BCUT2D eigenvalue weighted by Crippen LogP contribution is -2.48. The molecule has 1 aliphatic heterocycles. The molecule has 1 aliphatic rings. The number of carbonyl (C=O) groups excluding carboxylic acids is 3. The molecule has 0 aromatic heterocycles. The number of amides is 5. The Morgan fingerprint density at radius 2 is 1.58 bits per heavy atom. The van der Waals surface area contributed by atoms with Gasteiger partial charge in [0.2, 0.25) is 0 Å². The number of urea groups is 2. The Morgan fingerprint density at radius 1 is 0.962 bits per heavy atom. The zero-order valence-corrected chi connectivity index (χ0v) is 29.5. The first kappa shape index (κ1) is 39.9. The zero-order chi connectivity index (χ0) is 38.0. The number of nitrogens with zero attached hydrogens (tertiary/aromatic N) is 2. The number of aliphatic hydroxyl groups excluding tert-OH is 1. The normalized spacial score (nSPS) is 19.4. The van der Waals surface area contributed by atoms with Gasteiger partial charge in [0.15, 0.2) is 0 Å². The maximum atomic E-state index is 14.3. The lowest BCUT2D eigenvalue weighted by atomic mass is 10.0. The predicted molar refractivity (Wildman–Crippen MR) is 189 cm³/mol. The average molecular weight is 732 g/mol. The number of ether oxygens (including phenoxy) is 2. The van der Waals surface area contributed by atoms with Crippen LogP contribution in [0, 0.1) is 11.7 Å². The molecule has 4 N–H and O–H groups in total. The molecule has 3 aromatic carbocycles. The van der Waals surface area contributed by atoms with Gasteiger partial charge in [-0.05, 0) is 99.8 Å². The quantitative estimate of drug-likeness (QED) is 0.187. The van der Waals surface area contributed by atoms with Crippen molar-refractivity contribution in [2.24, 2.45) is 5.92 Å². The van der Waals surface area contributed by atoms with E-state index in [1.54, 1.807) is 26.1 Å². The van der Waals surface area contributed by atoms with Gasteiger partial charge in [0.05, 0.1) is 36.0 Å². The van der Waals surface area contributed by atoms with Gasteiger partial charge in [0.1, 0.15) is 11.6 Å². The van der Waals surface area contributed by atoms with Crippen molar-refractivity contribution in [2.45, 2.75) is 64.5 Å². The number of hydrogen-bond acceptors (Lipinski definition) is 6. The maximum absolute atomic E-state index is 14.3. The van der Waals surface area contributed by atoms with Crippen LogP contribution < -0.4 is 20.7 Å². The molecule has 0 bridgehead atoms. The molecular weight excluding hydrogens is 686 g/mol. The number of alkyl halides is 3. The van der Waals surface area contributed by atoms with E-state index in [9.17, 15) is 37.1 Å². The third kappa shape index (κ3) is 11.3. The minimum atomic E-state index is -4.52. The number of anilines is 3. The van der Waals surface area contributed by atoms with Crippen molar-refractivity contribution in [1.82, 2.24) is 9.80 Å².